The van der Waals surface area contributed by atoms with Crippen LogP contribution in [0.4, 0.5) is 0 Å². The van der Waals surface area contributed by atoms with Crippen LogP contribution in [0.1, 0.15) is 25.3 Å². The molecule has 1 aromatic rings. The van der Waals surface area contributed by atoms with Crippen molar-refractivity contribution in [2.45, 2.75) is 25.2 Å². The molecule has 0 aliphatic carbocycles. The minimum atomic E-state index is -0.658. The van der Waals surface area contributed by atoms with Gasteiger partial charge in [-0.05, 0) is 31.0 Å². The van der Waals surface area contributed by atoms with E-state index in [-0.39, 0.29) is 12.4 Å². The number of esters is 1. The van der Waals surface area contributed by atoms with Gasteiger partial charge in [-0.15, -0.1) is 0 Å². The monoisotopic (exact) mass is 295 g/mol. The van der Waals surface area contributed by atoms with E-state index in [1.165, 1.54) is 7.11 Å². The summed E-state index contributed by atoms with van der Waals surface area (Å²) in [5, 5.41) is 9.28. The summed E-state index contributed by atoms with van der Waals surface area (Å²) in [6.45, 7) is 1.83. The third kappa shape index (κ3) is 3.57. The molecule has 0 aromatic heterocycles. The molecule has 3 nitrogen and oxygen atoms in total. The summed E-state index contributed by atoms with van der Waals surface area (Å²) in [5.41, 5.74) is 0.252. The van der Waals surface area contributed by atoms with Crippen molar-refractivity contribution in [2.24, 2.45) is 0 Å². The lowest BCUT2D eigenvalue weighted by molar-refractivity contribution is -0.140. The first-order valence-electron chi connectivity index (χ1n) is 5.26. The summed E-state index contributed by atoms with van der Waals surface area (Å²) in [4.78, 5) is 11.1. The Labute approximate surface area is 110 Å². The number of carbonyl (C=O) groups excluding carboxylic acids is 1. The number of carbonyl (C=O) groups is 1. The van der Waals surface area contributed by atoms with E-state index in [1.54, 1.807) is 0 Å². The molecule has 0 aliphatic heterocycles. The van der Waals surface area contributed by atoms with Crippen LogP contribution in [0, 0.1) is 11.3 Å². The third-order valence-electron chi connectivity index (χ3n) is 2.78. The molecule has 0 radical (unpaired) electrons. The molecule has 1 unspecified atom stereocenters. The molecule has 0 saturated heterocycles. The molecule has 1 atom stereocenters. The van der Waals surface area contributed by atoms with Crippen molar-refractivity contribution in [3.63, 3.8) is 0 Å². The van der Waals surface area contributed by atoms with Crippen LogP contribution in [0.25, 0.3) is 0 Å². The molecule has 1 rings (SSSR count). The Bertz CT molecular complexity index is 436. The Hall–Kier alpha value is -1.34. The molecule has 1 aromatic carbocycles. The van der Waals surface area contributed by atoms with Crippen LogP contribution < -0.4 is 0 Å². The van der Waals surface area contributed by atoms with Gasteiger partial charge < -0.3 is 4.74 Å². The van der Waals surface area contributed by atoms with Crippen LogP contribution in [-0.2, 0) is 14.9 Å². The number of halogens is 1. The number of hydrogen-bond acceptors (Lipinski definition) is 3. The normalized spacial score (nSPS) is 13.5. The van der Waals surface area contributed by atoms with Crippen molar-refractivity contribution in [3.8, 4) is 6.07 Å². The van der Waals surface area contributed by atoms with Gasteiger partial charge in [0.2, 0.25) is 0 Å². The van der Waals surface area contributed by atoms with Gasteiger partial charge in [0.1, 0.15) is 0 Å². The minimum Gasteiger partial charge on any atom is -0.469 e. The van der Waals surface area contributed by atoms with Crippen LogP contribution in [0.15, 0.2) is 28.7 Å². The van der Waals surface area contributed by atoms with Crippen molar-refractivity contribution >= 4 is 21.9 Å². The maximum Gasteiger partial charge on any atom is 0.305 e. The van der Waals surface area contributed by atoms with E-state index in [2.05, 4.69) is 26.7 Å². The second kappa shape index (κ2) is 5.83. The Morgan fingerprint density at radius 2 is 2.06 bits per heavy atom. The predicted octanol–water partition coefficient (Wildman–Crippen LogP) is 3.18. The highest BCUT2D eigenvalue weighted by Gasteiger charge is 2.27. The van der Waals surface area contributed by atoms with Crippen molar-refractivity contribution in [2.75, 3.05) is 7.11 Å². The van der Waals surface area contributed by atoms with Gasteiger partial charge in [-0.1, -0.05) is 28.1 Å². The van der Waals surface area contributed by atoms with Crippen LogP contribution in [0.2, 0.25) is 0 Å². The minimum absolute atomic E-state index is 0.247. The van der Waals surface area contributed by atoms with E-state index in [1.807, 2.05) is 31.2 Å². The smallest absolute Gasteiger partial charge is 0.305 e. The molecule has 17 heavy (non-hydrogen) atoms. The summed E-state index contributed by atoms with van der Waals surface area (Å²) < 4.78 is 5.56. The second-order valence-corrected chi connectivity index (χ2v) is 4.94. The predicted molar refractivity (Wildman–Crippen MR) is 68.4 cm³/mol. The zero-order chi connectivity index (χ0) is 12.9. The summed E-state index contributed by atoms with van der Waals surface area (Å²) in [5.74, 6) is -0.288. The summed E-state index contributed by atoms with van der Waals surface area (Å²) >= 11 is 3.35. The van der Waals surface area contributed by atoms with Gasteiger partial charge in [-0.2, -0.15) is 5.26 Å². The van der Waals surface area contributed by atoms with Crippen molar-refractivity contribution in [1.82, 2.24) is 0 Å². The lowest BCUT2D eigenvalue weighted by atomic mass is 9.80. The van der Waals surface area contributed by atoms with Gasteiger partial charge in [0.25, 0.3) is 0 Å². The molecular weight excluding hydrogens is 282 g/mol. The molecule has 0 bridgehead atoms. The Kier molecular flexibility index (Phi) is 4.71. The van der Waals surface area contributed by atoms with Gasteiger partial charge in [-0.3, -0.25) is 4.79 Å². The number of nitriles is 1. The van der Waals surface area contributed by atoms with Gasteiger partial charge in [0.05, 0.1) is 18.6 Å². The van der Waals surface area contributed by atoms with Crippen LogP contribution in [-0.4, -0.2) is 13.1 Å². The number of methoxy groups -OCH3 is 1. The van der Waals surface area contributed by atoms with Crippen molar-refractivity contribution in [3.05, 3.63) is 34.3 Å². The number of ether oxygens (including phenoxy) is 1. The topological polar surface area (TPSA) is 50.1 Å². The zero-order valence-electron chi connectivity index (χ0n) is 9.87. The van der Waals surface area contributed by atoms with E-state index in [9.17, 15) is 10.1 Å². The molecule has 90 valence electrons. The Morgan fingerprint density at radius 3 is 2.53 bits per heavy atom. The number of rotatable bonds is 4. The quantitative estimate of drug-likeness (QED) is 0.802. The van der Waals surface area contributed by atoms with E-state index in [4.69, 9.17) is 0 Å². The lowest BCUT2D eigenvalue weighted by Gasteiger charge is -2.21. The van der Waals surface area contributed by atoms with Crippen molar-refractivity contribution < 1.29 is 9.53 Å². The summed E-state index contributed by atoms with van der Waals surface area (Å²) in [6.07, 6.45) is 0.703. The van der Waals surface area contributed by atoms with Crippen LogP contribution in [0.3, 0.4) is 0 Å². The number of hydrogen-bond donors (Lipinski definition) is 0. The zero-order valence-corrected chi connectivity index (χ0v) is 11.5. The van der Waals surface area contributed by atoms with Gasteiger partial charge in [-0.25, -0.2) is 0 Å². The molecule has 4 heteroatoms. The average Bonchev–Trinajstić information content (AvgIpc) is 2.36. The standard InChI is InChI=1S/C13H14BrNO2/c1-13(9-15,8-7-12(16)17-2)10-3-5-11(14)6-4-10/h3-6H,7-8H2,1-2H3. The SMILES string of the molecule is COC(=O)CCC(C)(C#N)c1ccc(Br)cc1. The van der Waals surface area contributed by atoms with E-state index >= 15 is 0 Å². The Balaban J connectivity index is 2.85. The van der Waals surface area contributed by atoms with E-state index in [0.717, 1.165) is 10.0 Å². The molecule has 0 amide bonds. The number of nitrogens with zero attached hydrogens (tertiary/aromatic N) is 1. The molecule has 0 N–H and O–H groups in total. The highest BCUT2D eigenvalue weighted by Crippen LogP contribution is 2.29. The van der Waals surface area contributed by atoms with Crippen LogP contribution in [0.5, 0.6) is 0 Å². The molecular formula is C13H14BrNO2. The van der Waals surface area contributed by atoms with Gasteiger partial charge in [0, 0.05) is 10.9 Å². The molecule has 0 aliphatic rings. The van der Waals surface area contributed by atoms with Crippen LogP contribution >= 0.6 is 15.9 Å². The maximum atomic E-state index is 11.1. The lowest BCUT2D eigenvalue weighted by Crippen LogP contribution is -2.21. The van der Waals surface area contributed by atoms with Crippen molar-refractivity contribution in [1.29, 1.82) is 5.26 Å². The Morgan fingerprint density at radius 1 is 1.47 bits per heavy atom. The fourth-order valence-corrected chi connectivity index (χ4v) is 1.80. The molecule has 0 spiro atoms. The summed E-state index contributed by atoms with van der Waals surface area (Å²) in [7, 11) is 1.35. The van der Waals surface area contributed by atoms with Gasteiger partial charge >= 0.3 is 5.97 Å². The first-order valence-corrected chi connectivity index (χ1v) is 6.05. The fraction of sp³-hybridized carbons (Fsp3) is 0.385. The molecule has 0 heterocycles. The maximum absolute atomic E-state index is 11.1. The summed E-state index contributed by atoms with van der Waals surface area (Å²) in [6, 6.07) is 9.84. The third-order valence-corrected chi connectivity index (χ3v) is 3.31. The molecule has 0 saturated carbocycles. The number of benzene rings is 1. The van der Waals surface area contributed by atoms with Gasteiger partial charge in [0.15, 0.2) is 0 Å². The fourth-order valence-electron chi connectivity index (χ4n) is 1.54. The first kappa shape index (κ1) is 13.7. The molecule has 0 fully saturated rings. The van der Waals surface area contributed by atoms with E-state index in [0.29, 0.717) is 6.42 Å². The van der Waals surface area contributed by atoms with E-state index < -0.39 is 5.41 Å². The first-order chi connectivity index (χ1) is 8.01. The average molecular weight is 296 g/mol. The highest BCUT2D eigenvalue weighted by atomic mass is 79.9. The largest absolute Gasteiger partial charge is 0.469 e. The highest BCUT2D eigenvalue weighted by molar-refractivity contribution is 9.10. The second-order valence-electron chi connectivity index (χ2n) is 4.03.